The lowest BCUT2D eigenvalue weighted by atomic mass is 10.1. The molecule has 4 nitrogen and oxygen atoms in total. The van der Waals surface area contributed by atoms with E-state index in [1.165, 1.54) is 18.3 Å². The highest BCUT2D eigenvalue weighted by atomic mass is 19.1. The number of fused-ring (bicyclic) bond motifs is 1. The van der Waals surface area contributed by atoms with Gasteiger partial charge in [-0.3, -0.25) is 4.98 Å². The highest BCUT2D eigenvalue weighted by molar-refractivity contribution is 5.96. The quantitative estimate of drug-likeness (QED) is 0.776. The molecule has 0 aliphatic rings. The van der Waals surface area contributed by atoms with Crippen LogP contribution < -0.4 is 10.1 Å². The van der Waals surface area contributed by atoms with E-state index < -0.39 is 0 Å². The molecule has 0 saturated heterocycles. The van der Waals surface area contributed by atoms with Gasteiger partial charge < -0.3 is 10.1 Å². The van der Waals surface area contributed by atoms with Gasteiger partial charge in [-0.1, -0.05) is 6.07 Å². The van der Waals surface area contributed by atoms with Crippen molar-refractivity contribution in [2.75, 3.05) is 11.9 Å². The Balaban J connectivity index is 2.15. The number of rotatable bonds is 4. The first-order valence-corrected chi connectivity index (χ1v) is 7.19. The predicted octanol–water partition coefficient (Wildman–Crippen LogP) is 4.39. The van der Waals surface area contributed by atoms with Crippen LogP contribution in [0.25, 0.3) is 10.9 Å². The predicted molar refractivity (Wildman–Crippen MR) is 87.3 cm³/mol. The van der Waals surface area contributed by atoms with Gasteiger partial charge in [0, 0.05) is 17.3 Å². The molecule has 3 rings (SSSR count). The van der Waals surface area contributed by atoms with Gasteiger partial charge in [0.25, 0.3) is 0 Å². The molecule has 1 N–H and O–H groups in total. The number of pyridine rings is 1. The Morgan fingerprint density at radius 2 is 2.13 bits per heavy atom. The van der Waals surface area contributed by atoms with Crippen LogP contribution in [0.4, 0.5) is 15.8 Å². The minimum absolute atomic E-state index is 0.345. The third-order valence-corrected chi connectivity index (χ3v) is 3.36. The van der Waals surface area contributed by atoms with Crippen LogP contribution in [0.1, 0.15) is 12.5 Å². The van der Waals surface area contributed by atoms with Crippen LogP contribution in [-0.4, -0.2) is 11.6 Å². The van der Waals surface area contributed by atoms with Crippen molar-refractivity contribution in [3.05, 3.63) is 60.0 Å². The van der Waals surface area contributed by atoms with E-state index in [0.717, 1.165) is 10.9 Å². The highest BCUT2D eigenvalue weighted by Gasteiger charge is 2.11. The van der Waals surface area contributed by atoms with Gasteiger partial charge in [-0.2, -0.15) is 5.26 Å². The van der Waals surface area contributed by atoms with Crippen LogP contribution in [0.5, 0.6) is 5.75 Å². The van der Waals surface area contributed by atoms with Crippen LogP contribution in [0.3, 0.4) is 0 Å². The van der Waals surface area contributed by atoms with E-state index in [1.54, 1.807) is 12.1 Å². The Hall–Kier alpha value is -3.13. The van der Waals surface area contributed by atoms with Gasteiger partial charge in [-0.05, 0) is 43.3 Å². The van der Waals surface area contributed by atoms with Gasteiger partial charge in [-0.25, -0.2) is 4.39 Å². The van der Waals surface area contributed by atoms with Crippen molar-refractivity contribution < 1.29 is 9.13 Å². The molecule has 0 saturated carbocycles. The molecule has 0 spiro atoms. The summed E-state index contributed by atoms with van der Waals surface area (Å²) in [6.07, 6.45) is 1.50. The number of anilines is 2. The molecular formula is C18H14FN3O. The largest absolute Gasteiger partial charge is 0.494 e. The molecule has 1 heterocycles. The van der Waals surface area contributed by atoms with Gasteiger partial charge in [-0.15, -0.1) is 0 Å². The summed E-state index contributed by atoms with van der Waals surface area (Å²) >= 11 is 0. The maximum Gasteiger partial charge on any atom is 0.125 e. The number of nitrogens with one attached hydrogen (secondary N) is 1. The standard InChI is InChI=1S/C18H14FN3O/c1-2-23-15-6-7-17-16(9-15)18(12(10-20)11-21-17)22-14-5-3-4-13(19)8-14/h3-9,11H,2H2,1H3,(H,21,22). The van der Waals surface area contributed by atoms with Crippen LogP contribution in [0.2, 0.25) is 0 Å². The van der Waals surface area contributed by atoms with E-state index in [4.69, 9.17) is 4.74 Å². The van der Waals surface area contributed by atoms with E-state index in [9.17, 15) is 9.65 Å². The van der Waals surface area contributed by atoms with E-state index in [-0.39, 0.29) is 5.82 Å². The number of aromatic nitrogens is 1. The minimum Gasteiger partial charge on any atom is -0.494 e. The smallest absolute Gasteiger partial charge is 0.125 e. The Labute approximate surface area is 133 Å². The molecule has 5 heteroatoms. The molecule has 0 fully saturated rings. The topological polar surface area (TPSA) is 57.9 Å². The number of halogens is 1. The van der Waals surface area contributed by atoms with Gasteiger partial charge in [0.2, 0.25) is 0 Å². The Kier molecular flexibility index (Phi) is 4.07. The monoisotopic (exact) mass is 307 g/mol. The van der Waals surface area contributed by atoms with Gasteiger partial charge in [0.05, 0.1) is 23.4 Å². The average molecular weight is 307 g/mol. The van der Waals surface area contributed by atoms with Crippen LogP contribution in [0.15, 0.2) is 48.7 Å². The van der Waals surface area contributed by atoms with Crippen molar-refractivity contribution in [3.8, 4) is 11.8 Å². The molecule has 0 bridgehead atoms. The SMILES string of the molecule is CCOc1ccc2ncc(C#N)c(Nc3cccc(F)c3)c2c1. The summed E-state index contributed by atoms with van der Waals surface area (Å²) in [5.41, 5.74) is 2.27. The molecule has 0 radical (unpaired) electrons. The second-order valence-electron chi connectivity index (χ2n) is 4.91. The number of hydrogen-bond donors (Lipinski definition) is 1. The number of ether oxygens (including phenoxy) is 1. The zero-order chi connectivity index (χ0) is 16.2. The number of nitrogens with zero attached hydrogens (tertiary/aromatic N) is 2. The van der Waals surface area contributed by atoms with Crippen molar-refractivity contribution in [1.82, 2.24) is 4.98 Å². The fourth-order valence-corrected chi connectivity index (χ4v) is 2.36. The van der Waals surface area contributed by atoms with Crippen molar-refractivity contribution in [2.45, 2.75) is 6.92 Å². The Morgan fingerprint density at radius 1 is 1.26 bits per heavy atom. The van der Waals surface area contributed by atoms with Gasteiger partial charge >= 0.3 is 0 Å². The molecular weight excluding hydrogens is 293 g/mol. The summed E-state index contributed by atoms with van der Waals surface area (Å²) in [6.45, 7) is 2.45. The number of nitriles is 1. The maximum absolute atomic E-state index is 13.4. The molecule has 0 amide bonds. The summed E-state index contributed by atoms with van der Waals surface area (Å²) in [5, 5.41) is 13.2. The molecule has 2 aromatic carbocycles. The lowest BCUT2D eigenvalue weighted by Crippen LogP contribution is -1.98. The summed E-state index contributed by atoms with van der Waals surface area (Å²) in [6, 6.07) is 13.7. The third kappa shape index (κ3) is 3.06. The summed E-state index contributed by atoms with van der Waals surface area (Å²) < 4.78 is 18.9. The first kappa shape index (κ1) is 14.8. The molecule has 0 unspecified atom stereocenters. The number of hydrogen-bond acceptors (Lipinski definition) is 4. The average Bonchev–Trinajstić information content (AvgIpc) is 2.56. The molecule has 1 aromatic heterocycles. The fourth-order valence-electron chi connectivity index (χ4n) is 2.36. The second kappa shape index (κ2) is 6.32. The van der Waals surface area contributed by atoms with Crippen molar-refractivity contribution >= 4 is 22.3 Å². The molecule has 0 atom stereocenters. The van der Waals surface area contributed by atoms with E-state index in [0.29, 0.717) is 29.3 Å². The maximum atomic E-state index is 13.4. The van der Waals surface area contributed by atoms with E-state index in [2.05, 4.69) is 16.4 Å². The normalized spacial score (nSPS) is 10.3. The minimum atomic E-state index is -0.345. The molecule has 0 aliphatic heterocycles. The highest BCUT2D eigenvalue weighted by Crippen LogP contribution is 2.31. The Bertz CT molecular complexity index is 902. The van der Waals surface area contributed by atoms with Crippen molar-refractivity contribution in [1.29, 1.82) is 5.26 Å². The first-order chi connectivity index (χ1) is 11.2. The van der Waals surface area contributed by atoms with Crippen molar-refractivity contribution in [3.63, 3.8) is 0 Å². The molecule has 3 aromatic rings. The van der Waals surface area contributed by atoms with Gasteiger partial charge in [0.15, 0.2) is 0 Å². The van der Waals surface area contributed by atoms with E-state index in [1.807, 2.05) is 25.1 Å². The zero-order valence-corrected chi connectivity index (χ0v) is 12.5. The first-order valence-electron chi connectivity index (χ1n) is 7.19. The number of benzene rings is 2. The third-order valence-electron chi connectivity index (χ3n) is 3.36. The molecule has 114 valence electrons. The molecule has 23 heavy (non-hydrogen) atoms. The van der Waals surface area contributed by atoms with Crippen LogP contribution in [0, 0.1) is 17.1 Å². The lowest BCUT2D eigenvalue weighted by molar-refractivity contribution is 0.340. The second-order valence-corrected chi connectivity index (χ2v) is 4.91. The van der Waals surface area contributed by atoms with Crippen LogP contribution in [-0.2, 0) is 0 Å². The van der Waals surface area contributed by atoms with E-state index >= 15 is 0 Å². The summed E-state index contributed by atoms with van der Waals surface area (Å²) in [7, 11) is 0. The van der Waals surface area contributed by atoms with Gasteiger partial charge in [0.1, 0.15) is 17.6 Å². The van der Waals surface area contributed by atoms with Crippen molar-refractivity contribution in [2.24, 2.45) is 0 Å². The molecule has 0 aliphatic carbocycles. The zero-order valence-electron chi connectivity index (χ0n) is 12.5. The lowest BCUT2D eigenvalue weighted by Gasteiger charge is -2.12. The summed E-state index contributed by atoms with van der Waals surface area (Å²) in [5.74, 6) is 0.348. The van der Waals surface area contributed by atoms with Crippen LogP contribution >= 0.6 is 0 Å². The Morgan fingerprint density at radius 3 is 2.87 bits per heavy atom. The summed E-state index contributed by atoms with van der Waals surface area (Å²) in [4.78, 5) is 4.28. The fraction of sp³-hybridized carbons (Fsp3) is 0.111.